The molecule has 0 bridgehead atoms. The first-order chi connectivity index (χ1) is 7.93. The number of rotatable bonds is 3. The van der Waals surface area contributed by atoms with Crippen LogP contribution >= 0.6 is 0 Å². The van der Waals surface area contributed by atoms with Crippen molar-refractivity contribution in [1.82, 2.24) is 10.6 Å². The van der Waals surface area contributed by atoms with E-state index in [0.29, 0.717) is 0 Å². The number of hydrogen-bond acceptors (Lipinski definition) is 2. The van der Waals surface area contributed by atoms with Gasteiger partial charge in [-0.1, -0.05) is 25.7 Å². The molecule has 2 aliphatic carbocycles. The molecule has 1 heterocycles. The molecule has 2 N–H and O–H groups in total. The molecule has 3 atom stereocenters. The van der Waals surface area contributed by atoms with Crippen LogP contribution in [-0.2, 0) is 0 Å². The largest absolute Gasteiger partial charge is 0.312 e. The normalized spacial score (nSPS) is 40.1. The molecule has 0 radical (unpaired) electrons. The Kier molecular flexibility index (Phi) is 3.49. The van der Waals surface area contributed by atoms with E-state index >= 15 is 0 Å². The van der Waals surface area contributed by atoms with E-state index in [4.69, 9.17) is 0 Å². The molecule has 0 aromatic heterocycles. The van der Waals surface area contributed by atoms with Gasteiger partial charge in [-0.3, -0.25) is 0 Å². The highest BCUT2D eigenvalue weighted by Crippen LogP contribution is 2.37. The molecule has 0 amide bonds. The van der Waals surface area contributed by atoms with Crippen molar-refractivity contribution < 1.29 is 0 Å². The molecule has 3 unspecified atom stereocenters. The Morgan fingerprint density at radius 1 is 0.938 bits per heavy atom. The van der Waals surface area contributed by atoms with Gasteiger partial charge in [0, 0.05) is 18.6 Å². The first kappa shape index (κ1) is 11.0. The highest BCUT2D eigenvalue weighted by Gasteiger charge is 2.38. The van der Waals surface area contributed by atoms with Crippen molar-refractivity contribution in [2.24, 2.45) is 11.8 Å². The third-order valence-electron chi connectivity index (χ3n) is 5.11. The summed E-state index contributed by atoms with van der Waals surface area (Å²) in [6.07, 6.45) is 11.6. The van der Waals surface area contributed by atoms with Crippen molar-refractivity contribution >= 4 is 0 Å². The summed E-state index contributed by atoms with van der Waals surface area (Å²) >= 11 is 0. The second kappa shape index (κ2) is 5.05. The maximum Gasteiger partial charge on any atom is 0.0224 e. The second-order valence-electron chi connectivity index (χ2n) is 6.11. The van der Waals surface area contributed by atoms with Crippen molar-refractivity contribution in [2.75, 3.05) is 13.1 Å². The van der Waals surface area contributed by atoms with Crippen LogP contribution in [0.15, 0.2) is 0 Å². The van der Waals surface area contributed by atoms with E-state index in [1.54, 1.807) is 0 Å². The van der Waals surface area contributed by atoms with Crippen LogP contribution in [0.1, 0.15) is 51.4 Å². The van der Waals surface area contributed by atoms with Gasteiger partial charge in [0.25, 0.3) is 0 Å². The molecule has 2 nitrogen and oxygen atoms in total. The lowest BCUT2D eigenvalue weighted by molar-refractivity contribution is 0.331. The molecular formula is C14H26N2. The Hall–Kier alpha value is -0.0800. The summed E-state index contributed by atoms with van der Waals surface area (Å²) in [5.74, 6) is 2.01. The van der Waals surface area contributed by atoms with E-state index in [0.717, 1.165) is 23.9 Å². The Labute approximate surface area is 99.6 Å². The third kappa shape index (κ3) is 2.28. The van der Waals surface area contributed by atoms with Gasteiger partial charge < -0.3 is 10.6 Å². The van der Waals surface area contributed by atoms with Crippen LogP contribution in [0.4, 0.5) is 0 Å². The number of hydrogen-bond donors (Lipinski definition) is 2. The van der Waals surface area contributed by atoms with Gasteiger partial charge in [0.2, 0.25) is 0 Å². The minimum absolute atomic E-state index is 0.787. The maximum absolute atomic E-state index is 3.81. The number of nitrogens with one attached hydrogen (secondary N) is 2. The van der Waals surface area contributed by atoms with Crippen molar-refractivity contribution in [3.05, 3.63) is 0 Å². The van der Waals surface area contributed by atoms with E-state index in [2.05, 4.69) is 10.6 Å². The van der Waals surface area contributed by atoms with E-state index < -0.39 is 0 Å². The molecule has 3 aliphatic rings. The molecule has 1 aliphatic heterocycles. The SMILES string of the molecule is C1CCC(NCC2NCC3CCCC32)CC1. The van der Waals surface area contributed by atoms with Crippen LogP contribution in [-0.4, -0.2) is 25.2 Å². The van der Waals surface area contributed by atoms with Crippen LogP contribution in [0.2, 0.25) is 0 Å². The Morgan fingerprint density at radius 3 is 2.69 bits per heavy atom. The maximum atomic E-state index is 3.81. The van der Waals surface area contributed by atoms with Crippen LogP contribution < -0.4 is 10.6 Å². The first-order valence-electron chi connectivity index (χ1n) is 7.40. The highest BCUT2D eigenvalue weighted by atomic mass is 15.0. The predicted molar refractivity (Wildman–Crippen MR) is 67.5 cm³/mol. The summed E-state index contributed by atoms with van der Waals surface area (Å²) in [5.41, 5.74) is 0. The summed E-state index contributed by atoms with van der Waals surface area (Å²) < 4.78 is 0. The lowest BCUT2D eigenvalue weighted by Gasteiger charge is -2.26. The predicted octanol–water partition coefficient (Wildman–Crippen LogP) is 2.30. The van der Waals surface area contributed by atoms with Gasteiger partial charge in [-0.15, -0.1) is 0 Å². The molecule has 3 fully saturated rings. The smallest absolute Gasteiger partial charge is 0.0224 e. The standard InChI is InChI=1S/C14H26N2/c1-2-6-12(7-3-1)15-10-14-13-8-4-5-11(13)9-16-14/h11-16H,1-10H2. The molecule has 0 aromatic carbocycles. The Bertz CT molecular complexity index is 223. The minimum atomic E-state index is 0.787. The summed E-state index contributed by atoms with van der Waals surface area (Å²) in [5, 5.41) is 7.55. The van der Waals surface area contributed by atoms with E-state index in [1.807, 2.05) is 0 Å². The second-order valence-corrected chi connectivity index (χ2v) is 6.11. The van der Waals surface area contributed by atoms with Gasteiger partial charge in [-0.25, -0.2) is 0 Å². The van der Waals surface area contributed by atoms with Crippen LogP contribution in [0, 0.1) is 11.8 Å². The lowest BCUT2D eigenvalue weighted by Crippen LogP contribution is -2.42. The summed E-state index contributed by atoms with van der Waals surface area (Å²) in [4.78, 5) is 0. The van der Waals surface area contributed by atoms with E-state index in [-0.39, 0.29) is 0 Å². The number of fused-ring (bicyclic) bond motifs is 1. The minimum Gasteiger partial charge on any atom is -0.312 e. The zero-order valence-corrected chi connectivity index (χ0v) is 10.4. The van der Waals surface area contributed by atoms with Gasteiger partial charge in [0.15, 0.2) is 0 Å². The van der Waals surface area contributed by atoms with Gasteiger partial charge in [-0.2, -0.15) is 0 Å². The lowest BCUT2D eigenvalue weighted by atomic mass is 9.92. The zero-order valence-electron chi connectivity index (χ0n) is 10.4. The molecule has 16 heavy (non-hydrogen) atoms. The van der Waals surface area contributed by atoms with Gasteiger partial charge in [0.1, 0.15) is 0 Å². The molecule has 1 saturated heterocycles. The fourth-order valence-corrected chi connectivity index (χ4v) is 4.13. The molecule has 92 valence electrons. The summed E-state index contributed by atoms with van der Waals surface area (Å²) in [6.45, 7) is 2.52. The van der Waals surface area contributed by atoms with Crippen molar-refractivity contribution in [2.45, 2.75) is 63.5 Å². The van der Waals surface area contributed by atoms with Crippen LogP contribution in [0.5, 0.6) is 0 Å². The molecular weight excluding hydrogens is 196 g/mol. The fraction of sp³-hybridized carbons (Fsp3) is 1.00. The van der Waals surface area contributed by atoms with Crippen LogP contribution in [0.3, 0.4) is 0 Å². The Morgan fingerprint density at radius 2 is 1.81 bits per heavy atom. The average Bonchev–Trinajstić information content (AvgIpc) is 2.90. The average molecular weight is 222 g/mol. The topological polar surface area (TPSA) is 24.1 Å². The van der Waals surface area contributed by atoms with Crippen LogP contribution in [0.25, 0.3) is 0 Å². The molecule has 3 rings (SSSR count). The van der Waals surface area contributed by atoms with Gasteiger partial charge in [0.05, 0.1) is 0 Å². The van der Waals surface area contributed by atoms with Gasteiger partial charge in [-0.05, 0) is 44.1 Å². The monoisotopic (exact) mass is 222 g/mol. The van der Waals surface area contributed by atoms with Crippen molar-refractivity contribution in [3.8, 4) is 0 Å². The van der Waals surface area contributed by atoms with E-state index in [9.17, 15) is 0 Å². The van der Waals surface area contributed by atoms with Crippen molar-refractivity contribution in [3.63, 3.8) is 0 Å². The summed E-state index contributed by atoms with van der Waals surface area (Å²) in [6, 6.07) is 1.62. The highest BCUT2D eigenvalue weighted by molar-refractivity contribution is 4.95. The molecule has 2 saturated carbocycles. The molecule has 2 heteroatoms. The van der Waals surface area contributed by atoms with Gasteiger partial charge >= 0.3 is 0 Å². The molecule has 0 aromatic rings. The summed E-state index contributed by atoms with van der Waals surface area (Å²) in [7, 11) is 0. The van der Waals surface area contributed by atoms with Crippen molar-refractivity contribution in [1.29, 1.82) is 0 Å². The zero-order chi connectivity index (χ0) is 10.8. The Balaban J connectivity index is 1.44. The van der Waals surface area contributed by atoms with E-state index in [1.165, 1.54) is 64.5 Å². The fourth-order valence-electron chi connectivity index (χ4n) is 4.13. The quantitative estimate of drug-likeness (QED) is 0.765. The molecule has 0 spiro atoms. The first-order valence-corrected chi connectivity index (χ1v) is 7.40. The third-order valence-corrected chi connectivity index (χ3v) is 5.11.